The van der Waals surface area contributed by atoms with E-state index in [1.807, 2.05) is 0 Å². The lowest BCUT2D eigenvalue weighted by atomic mass is 9.93. The first-order valence-corrected chi connectivity index (χ1v) is 7.46. The first-order valence-electron chi connectivity index (χ1n) is 7.46. The molecule has 96 valence electrons. The number of unbranched alkanes of at least 4 members (excludes halogenated alkanes) is 4. The van der Waals surface area contributed by atoms with E-state index in [1.165, 1.54) is 64.3 Å². The molecule has 1 unspecified atom stereocenters. The van der Waals surface area contributed by atoms with Crippen LogP contribution in [-0.2, 0) is 0 Å². The van der Waals surface area contributed by atoms with Crippen LogP contribution in [0.1, 0.15) is 78.6 Å². The van der Waals surface area contributed by atoms with Crippen LogP contribution in [0.5, 0.6) is 0 Å². The molecule has 0 bridgehead atoms. The van der Waals surface area contributed by atoms with Gasteiger partial charge in [-0.1, -0.05) is 52.9 Å². The highest BCUT2D eigenvalue weighted by atomic mass is 14.9. The lowest BCUT2D eigenvalue weighted by Crippen LogP contribution is -2.36. The van der Waals surface area contributed by atoms with Crippen LogP contribution in [0.3, 0.4) is 0 Å². The van der Waals surface area contributed by atoms with Crippen LogP contribution in [0.15, 0.2) is 0 Å². The van der Waals surface area contributed by atoms with Crippen LogP contribution in [-0.4, -0.2) is 12.6 Å². The van der Waals surface area contributed by atoms with E-state index in [1.54, 1.807) is 0 Å². The van der Waals surface area contributed by atoms with E-state index in [-0.39, 0.29) is 0 Å². The summed E-state index contributed by atoms with van der Waals surface area (Å²) >= 11 is 0. The van der Waals surface area contributed by atoms with Gasteiger partial charge in [0.25, 0.3) is 0 Å². The van der Waals surface area contributed by atoms with Crippen molar-refractivity contribution in [1.29, 1.82) is 0 Å². The fourth-order valence-electron chi connectivity index (χ4n) is 2.51. The van der Waals surface area contributed by atoms with Gasteiger partial charge in [0, 0.05) is 6.04 Å². The zero-order valence-corrected chi connectivity index (χ0v) is 11.6. The molecule has 1 heteroatoms. The monoisotopic (exact) mass is 225 g/mol. The van der Waals surface area contributed by atoms with E-state index in [0.717, 1.165) is 6.04 Å². The number of nitrogens with one attached hydrogen (secondary N) is 1. The van der Waals surface area contributed by atoms with Crippen molar-refractivity contribution in [2.24, 2.45) is 5.41 Å². The van der Waals surface area contributed by atoms with Gasteiger partial charge in [0.2, 0.25) is 0 Å². The molecule has 0 aromatic heterocycles. The fourth-order valence-corrected chi connectivity index (χ4v) is 2.51. The Kier molecular flexibility index (Phi) is 6.41. The van der Waals surface area contributed by atoms with Crippen molar-refractivity contribution in [1.82, 2.24) is 5.32 Å². The van der Waals surface area contributed by atoms with E-state index in [2.05, 4.69) is 26.1 Å². The van der Waals surface area contributed by atoms with Crippen molar-refractivity contribution >= 4 is 0 Å². The van der Waals surface area contributed by atoms with Crippen molar-refractivity contribution in [2.45, 2.75) is 84.6 Å². The summed E-state index contributed by atoms with van der Waals surface area (Å²) in [6.07, 6.45) is 12.6. The minimum absolute atomic E-state index is 0.653. The standard InChI is InChI=1S/C15H31N/c1-4-6-7-8-9-10-14(16-13-5-2)15(3)11-12-15/h14,16H,4-13H2,1-3H3. The van der Waals surface area contributed by atoms with E-state index in [4.69, 9.17) is 0 Å². The van der Waals surface area contributed by atoms with Gasteiger partial charge in [-0.25, -0.2) is 0 Å². The molecule has 1 aliphatic rings. The second-order valence-corrected chi connectivity index (χ2v) is 5.86. The Morgan fingerprint density at radius 2 is 1.69 bits per heavy atom. The number of hydrogen-bond acceptors (Lipinski definition) is 1. The van der Waals surface area contributed by atoms with Crippen LogP contribution in [0.2, 0.25) is 0 Å². The van der Waals surface area contributed by atoms with Crippen LogP contribution in [0.4, 0.5) is 0 Å². The molecule has 0 saturated heterocycles. The van der Waals surface area contributed by atoms with Gasteiger partial charge in [-0.15, -0.1) is 0 Å². The Hall–Kier alpha value is -0.0400. The van der Waals surface area contributed by atoms with Gasteiger partial charge in [0.1, 0.15) is 0 Å². The van der Waals surface area contributed by atoms with Gasteiger partial charge in [-0.05, 0) is 37.6 Å². The molecule has 0 heterocycles. The normalized spacial score (nSPS) is 19.7. The largest absolute Gasteiger partial charge is 0.313 e. The summed E-state index contributed by atoms with van der Waals surface area (Å²) in [4.78, 5) is 0. The predicted molar refractivity (Wildman–Crippen MR) is 72.8 cm³/mol. The second-order valence-electron chi connectivity index (χ2n) is 5.86. The SMILES string of the molecule is CCCCCCCC(NCCC)C1(C)CC1. The van der Waals surface area contributed by atoms with E-state index < -0.39 is 0 Å². The molecule has 1 fully saturated rings. The van der Waals surface area contributed by atoms with Gasteiger partial charge in [0.05, 0.1) is 0 Å². The minimum Gasteiger partial charge on any atom is -0.313 e. The average Bonchev–Trinajstić information content (AvgIpc) is 3.01. The Balaban J connectivity index is 2.12. The lowest BCUT2D eigenvalue weighted by Gasteiger charge is -2.25. The molecule has 0 amide bonds. The van der Waals surface area contributed by atoms with Crippen LogP contribution in [0, 0.1) is 5.41 Å². The molecule has 1 N–H and O–H groups in total. The second kappa shape index (κ2) is 7.32. The highest BCUT2D eigenvalue weighted by Crippen LogP contribution is 2.49. The maximum absolute atomic E-state index is 3.76. The molecule has 0 aromatic carbocycles. The molecule has 1 nitrogen and oxygen atoms in total. The third-order valence-electron chi connectivity index (χ3n) is 4.12. The quantitative estimate of drug-likeness (QED) is 0.539. The van der Waals surface area contributed by atoms with Crippen LogP contribution >= 0.6 is 0 Å². The maximum Gasteiger partial charge on any atom is 0.0121 e. The summed E-state index contributed by atoms with van der Waals surface area (Å²) in [6, 6.07) is 0.800. The van der Waals surface area contributed by atoms with Crippen molar-refractivity contribution in [2.75, 3.05) is 6.54 Å². The Morgan fingerprint density at radius 1 is 1.00 bits per heavy atom. The van der Waals surface area contributed by atoms with Crippen LogP contribution < -0.4 is 5.32 Å². The summed E-state index contributed by atoms with van der Waals surface area (Å²) in [5.74, 6) is 0. The van der Waals surface area contributed by atoms with Gasteiger partial charge >= 0.3 is 0 Å². The Labute approximate surface area is 102 Å². The van der Waals surface area contributed by atoms with Crippen molar-refractivity contribution in [3.63, 3.8) is 0 Å². The highest BCUT2D eigenvalue weighted by molar-refractivity contribution is 4.98. The Morgan fingerprint density at radius 3 is 2.25 bits per heavy atom. The van der Waals surface area contributed by atoms with Crippen molar-refractivity contribution in [3.05, 3.63) is 0 Å². The third kappa shape index (κ3) is 4.86. The number of rotatable bonds is 10. The van der Waals surface area contributed by atoms with Crippen molar-refractivity contribution < 1.29 is 0 Å². The van der Waals surface area contributed by atoms with Crippen LogP contribution in [0.25, 0.3) is 0 Å². The summed E-state index contributed by atoms with van der Waals surface area (Å²) in [7, 11) is 0. The number of hydrogen-bond donors (Lipinski definition) is 1. The molecular formula is C15H31N. The zero-order valence-electron chi connectivity index (χ0n) is 11.6. The molecule has 1 aliphatic carbocycles. The molecule has 0 aliphatic heterocycles. The molecule has 0 radical (unpaired) electrons. The van der Waals surface area contributed by atoms with Gasteiger partial charge in [-0.2, -0.15) is 0 Å². The molecule has 1 saturated carbocycles. The van der Waals surface area contributed by atoms with Gasteiger partial charge < -0.3 is 5.32 Å². The summed E-state index contributed by atoms with van der Waals surface area (Å²) < 4.78 is 0. The summed E-state index contributed by atoms with van der Waals surface area (Å²) in [5.41, 5.74) is 0.653. The minimum atomic E-state index is 0.653. The summed E-state index contributed by atoms with van der Waals surface area (Å²) in [6.45, 7) is 8.22. The zero-order chi connectivity index (χ0) is 11.9. The molecule has 1 rings (SSSR count). The van der Waals surface area contributed by atoms with Crippen molar-refractivity contribution in [3.8, 4) is 0 Å². The smallest absolute Gasteiger partial charge is 0.0121 e. The Bertz CT molecular complexity index is 172. The van der Waals surface area contributed by atoms with E-state index in [0.29, 0.717) is 5.41 Å². The molecular weight excluding hydrogens is 194 g/mol. The predicted octanol–water partition coefficient (Wildman–Crippen LogP) is 4.52. The first-order chi connectivity index (χ1) is 7.73. The topological polar surface area (TPSA) is 12.0 Å². The highest BCUT2D eigenvalue weighted by Gasteiger charge is 2.43. The molecule has 16 heavy (non-hydrogen) atoms. The molecule has 0 spiro atoms. The first kappa shape index (κ1) is 14.0. The fraction of sp³-hybridized carbons (Fsp3) is 1.00. The van der Waals surface area contributed by atoms with Gasteiger partial charge in [-0.3, -0.25) is 0 Å². The maximum atomic E-state index is 3.76. The molecule has 1 atom stereocenters. The van der Waals surface area contributed by atoms with E-state index in [9.17, 15) is 0 Å². The van der Waals surface area contributed by atoms with E-state index >= 15 is 0 Å². The lowest BCUT2D eigenvalue weighted by molar-refractivity contribution is 0.327. The average molecular weight is 225 g/mol. The van der Waals surface area contributed by atoms with Gasteiger partial charge in [0.15, 0.2) is 0 Å². The third-order valence-corrected chi connectivity index (χ3v) is 4.12. The molecule has 0 aromatic rings. The summed E-state index contributed by atoms with van der Waals surface area (Å²) in [5, 5.41) is 3.76.